The number of carbonyl (C=O) groups excluding carboxylic acids is 2. The lowest BCUT2D eigenvalue weighted by atomic mass is 10.2. The lowest BCUT2D eigenvalue weighted by molar-refractivity contribution is -0.0612. The van der Waals surface area contributed by atoms with E-state index in [1.165, 1.54) is 5.56 Å². The Balaban J connectivity index is 1.22. The van der Waals surface area contributed by atoms with Gasteiger partial charge in [0.15, 0.2) is 0 Å². The molecule has 2 aromatic carbocycles. The summed E-state index contributed by atoms with van der Waals surface area (Å²) in [5.74, 6) is -0.396. The summed E-state index contributed by atoms with van der Waals surface area (Å²) >= 11 is 0. The predicted octanol–water partition coefficient (Wildman–Crippen LogP) is 3.03. The molecule has 1 aliphatic heterocycles. The highest BCUT2D eigenvalue weighted by atomic mass is 16.6. The highest BCUT2D eigenvalue weighted by molar-refractivity contribution is 5.92. The Bertz CT molecular complexity index is 853. The van der Waals surface area contributed by atoms with Crippen LogP contribution in [0.25, 0.3) is 0 Å². The van der Waals surface area contributed by atoms with E-state index in [1.54, 1.807) is 24.3 Å². The molecule has 2 aromatic rings. The fourth-order valence-corrected chi connectivity index (χ4v) is 3.39. The fourth-order valence-electron chi connectivity index (χ4n) is 3.39. The van der Waals surface area contributed by atoms with Gasteiger partial charge in [0, 0.05) is 31.4 Å². The van der Waals surface area contributed by atoms with Crippen LogP contribution in [0.15, 0.2) is 54.6 Å². The van der Waals surface area contributed by atoms with Gasteiger partial charge in [-0.05, 0) is 42.7 Å². The van der Waals surface area contributed by atoms with Crippen LogP contribution in [0.5, 0.6) is 0 Å². The minimum absolute atomic E-state index is 0.140. The van der Waals surface area contributed by atoms with E-state index in [4.69, 9.17) is 9.47 Å². The number of hydrogen-bond donors (Lipinski definition) is 2. The van der Waals surface area contributed by atoms with Crippen molar-refractivity contribution in [1.82, 2.24) is 10.2 Å². The van der Waals surface area contributed by atoms with Gasteiger partial charge in [0.1, 0.15) is 12.7 Å². The Morgan fingerprint density at radius 1 is 1.07 bits per heavy atom. The maximum atomic E-state index is 12.4. The topological polar surface area (TPSA) is 79.9 Å². The summed E-state index contributed by atoms with van der Waals surface area (Å²) in [7, 11) is 0. The van der Waals surface area contributed by atoms with E-state index in [2.05, 4.69) is 27.7 Å². The molecule has 1 atom stereocenters. The Hall–Kier alpha value is -2.90. The van der Waals surface area contributed by atoms with Crippen molar-refractivity contribution in [3.8, 4) is 0 Å². The second-order valence-electron chi connectivity index (χ2n) is 7.76. The van der Waals surface area contributed by atoms with Crippen molar-refractivity contribution in [2.24, 2.45) is 0 Å². The van der Waals surface area contributed by atoms with Gasteiger partial charge in [0.25, 0.3) is 0 Å². The summed E-state index contributed by atoms with van der Waals surface area (Å²) in [5, 5.41) is 5.62. The first-order valence-electron chi connectivity index (χ1n) is 10.4. The molecule has 4 rings (SSSR count). The number of nitrogens with zero attached hydrogens (tertiary/aromatic N) is 1. The third-order valence-electron chi connectivity index (χ3n) is 5.16. The molecule has 7 heteroatoms. The smallest absolute Gasteiger partial charge is 0.338 e. The Labute approximate surface area is 176 Å². The number of hydrogen-bond acceptors (Lipinski definition) is 5. The molecule has 1 aliphatic carbocycles. The molecule has 2 aliphatic rings. The van der Waals surface area contributed by atoms with Crippen molar-refractivity contribution >= 4 is 17.7 Å². The zero-order chi connectivity index (χ0) is 20.8. The molecule has 0 spiro atoms. The number of rotatable bonds is 7. The van der Waals surface area contributed by atoms with Crippen LogP contribution in [-0.2, 0) is 16.0 Å². The lowest BCUT2D eigenvalue weighted by Gasteiger charge is -2.32. The van der Waals surface area contributed by atoms with Crippen molar-refractivity contribution in [1.29, 1.82) is 0 Å². The summed E-state index contributed by atoms with van der Waals surface area (Å²) in [6.07, 6.45) is 1.93. The summed E-state index contributed by atoms with van der Waals surface area (Å²) in [6.45, 7) is 3.28. The first-order chi connectivity index (χ1) is 14.7. The van der Waals surface area contributed by atoms with E-state index < -0.39 is 5.97 Å². The molecule has 1 saturated heterocycles. The molecule has 158 valence electrons. The van der Waals surface area contributed by atoms with Crippen molar-refractivity contribution in [2.45, 2.75) is 31.5 Å². The number of esters is 1. The molecule has 2 N–H and O–H groups in total. The van der Waals surface area contributed by atoms with Gasteiger partial charge in [0.2, 0.25) is 0 Å². The normalized spacial score (nSPS) is 19.1. The number of carbonyl (C=O) groups is 2. The molecule has 7 nitrogen and oxygen atoms in total. The largest absolute Gasteiger partial charge is 0.459 e. The van der Waals surface area contributed by atoms with E-state index in [-0.39, 0.29) is 18.7 Å². The van der Waals surface area contributed by atoms with Crippen molar-refractivity contribution < 1.29 is 19.1 Å². The molecule has 1 saturated carbocycles. The highest BCUT2D eigenvalue weighted by Crippen LogP contribution is 2.19. The minimum Gasteiger partial charge on any atom is -0.459 e. The predicted molar refractivity (Wildman–Crippen MR) is 113 cm³/mol. The van der Waals surface area contributed by atoms with Gasteiger partial charge in [-0.15, -0.1) is 0 Å². The third kappa shape index (κ3) is 6.05. The van der Waals surface area contributed by atoms with Gasteiger partial charge in [-0.25, -0.2) is 9.59 Å². The second-order valence-corrected chi connectivity index (χ2v) is 7.76. The molecule has 1 unspecified atom stereocenters. The van der Waals surface area contributed by atoms with Gasteiger partial charge < -0.3 is 20.1 Å². The average molecular weight is 409 g/mol. The quantitative estimate of drug-likeness (QED) is 0.687. The van der Waals surface area contributed by atoms with Crippen LogP contribution in [0.3, 0.4) is 0 Å². The first kappa shape index (κ1) is 20.4. The van der Waals surface area contributed by atoms with Gasteiger partial charge in [0.05, 0.1) is 12.2 Å². The van der Waals surface area contributed by atoms with Gasteiger partial charge >= 0.3 is 12.0 Å². The summed E-state index contributed by atoms with van der Waals surface area (Å²) < 4.78 is 11.2. The molecule has 1 heterocycles. The summed E-state index contributed by atoms with van der Waals surface area (Å²) in [6, 6.07) is 17.1. The van der Waals surface area contributed by atoms with E-state index >= 15 is 0 Å². The number of morpholine rings is 1. The Morgan fingerprint density at radius 3 is 2.57 bits per heavy atom. The molecule has 2 fully saturated rings. The van der Waals surface area contributed by atoms with Gasteiger partial charge in [-0.2, -0.15) is 0 Å². The van der Waals surface area contributed by atoms with Crippen LogP contribution in [0.4, 0.5) is 10.5 Å². The number of ether oxygens (including phenoxy) is 2. The van der Waals surface area contributed by atoms with Gasteiger partial charge in [-0.3, -0.25) is 4.90 Å². The van der Waals surface area contributed by atoms with Crippen LogP contribution in [-0.4, -0.2) is 55.3 Å². The van der Waals surface area contributed by atoms with E-state index in [9.17, 15) is 9.59 Å². The highest BCUT2D eigenvalue weighted by Gasteiger charge is 2.24. The molecule has 0 bridgehead atoms. The zero-order valence-electron chi connectivity index (χ0n) is 16.9. The Kier molecular flexibility index (Phi) is 6.61. The van der Waals surface area contributed by atoms with E-state index in [1.807, 2.05) is 18.2 Å². The number of benzene rings is 2. The molecule has 30 heavy (non-hydrogen) atoms. The minimum atomic E-state index is -0.396. The molecule has 0 aromatic heterocycles. The standard InChI is InChI=1S/C23H27N3O4/c27-22(18-6-8-19(9-7-18)24-23(28)25-20-10-11-20)30-16-21-15-26(12-13-29-21)14-17-4-2-1-3-5-17/h1-9,20-21H,10-16H2,(H2,24,25,28). The number of nitrogens with one attached hydrogen (secondary N) is 2. The van der Waals surface area contributed by atoms with Crippen LogP contribution >= 0.6 is 0 Å². The summed E-state index contributed by atoms with van der Waals surface area (Å²) in [4.78, 5) is 26.4. The van der Waals surface area contributed by atoms with E-state index in [0.29, 0.717) is 23.9 Å². The maximum Gasteiger partial charge on any atom is 0.338 e. The molecule has 0 radical (unpaired) electrons. The monoisotopic (exact) mass is 409 g/mol. The average Bonchev–Trinajstić information content (AvgIpc) is 3.57. The number of anilines is 1. The summed E-state index contributed by atoms with van der Waals surface area (Å²) in [5.41, 5.74) is 2.34. The molecular formula is C23H27N3O4. The van der Waals surface area contributed by atoms with Crippen LogP contribution in [0.2, 0.25) is 0 Å². The lowest BCUT2D eigenvalue weighted by Crippen LogP contribution is -2.44. The number of urea groups is 1. The van der Waals surface area contributed by atoms with E-state index in [0.717, 1.165) is 32.5 Å². The Morgan fingerprint density at radius 2 is 1.83 bits per heavy atom. The van der Waals surface area contributed by atoms with Crippen molar-refractivity contribution in [3.05, 3.63) is 65.7 Å². The van der Waals surface area contributed by atoms with Crippen LogP contribution in [0, 0.1) is 0 Å². The van der Waals surface area contributed by atoms with Gasteiger partial charge in [-0.1, -0.05) is 30.3 Å². The van der Waals surface area contributed by atoms with Crippen LogP contribution in [0.1, 0.15) is 28.8 Å². The molecule has 2 amide bonds. The fraction of sp³-hybridized carbons (Fsp3) is 0.391. The third-order valence-corrected chi connectivity index (χ3v) is 5.16. The SMILES string of the molecule is O=C(Nc1ccc(C(=O)OCC2CN(Cc3ccccc3)CCO2)cc1)NC1CC1. The second kappa shape index (κ2) is 9.73. The zero-order valence-corrected chi connectivity index (χ0v) is 16.9. The van der Waals surface area contributed by atoms with Crippen molar-refractivity contribution in [2.75, 3.05) is 31.6 Å². The first-order valence-corrected chi connectivity index (χ1v) is 10.4. The maximum absolute atomic E-state index is 12.4. The van der Waals surface area contributed by atoms with Crippen LogP contribution < -0.4 is 10.6 Å². The number of amides is 2. The van der Waals surface area contributed by atoms with Crippen molar-refractivity contribution in [3.63, 3.8) is 0 Å². The molecular weight excluding hydrogens is 382 g/mol.